The Morgan fingerprint density at radius 3 is 2.53 bits per heavy atom. The van der Waals surface area contributed by atoms with Crippen LogP contribution in [-0.4, -0.2) is 22.2 Å². The Kier molecular flexibility index (Phi) is 5.60. The van der Waals surface area contributed by atoms with Gasteiger partial charge >= 0.3 is 11.9 Å². The average molecular weight is 264 g/mol. The normalized spacial score (nSPS) is 9.89. The summed E-state index contributed by atoms with van der Waals surface area (Å²) in [5.41, 5.74) is 0.140. The fourth-order valence-electron chi connectivity index (χ4n) is 1.44. The van der Waals surface area contributed by atoms with Crippen molar-refractivity contribution in [2.45, 2.75) is 25.7 Å². The third kappa shape index (κ3) is 5.72. The number of aromatic hydroxyl groups is 1. The second-order valence-corrected chi connectivity index (χ2v) is 4.09. The molecular formula is C14H16O5. The number of rotatable bonds is 7. The maximum absolute atomic E-state index is 11.5. The van der Waals surface area contributed by atoms with E-state index in [4.69, 9.17) is 9.84 Å². The standard InChI is InChI=1S/C14H16O5/c1-10(14(17)18)5-2-3-8-13(16)19-12-7-4-6-11(15)9-12/h4,6-7,9,15H,1-3,5,8H2,(H,17,18). The van der Waals surface area contributed by atoms with E-state index >= 15 is 0 Å². The van der Waals surface area contributed by atoms with Gasteiger partial charge in [-0.3, -0.25) is 4.79 Å². The summed E-state index contributed by atoms with van der Waals surface area (Å²) in [6.45, 7) is 3.40. The van der Waals surface area contributed by atoms with Gasteiger partial charge in [0.2, 0.25) is 0 Å². The maximum Gasteiger partial charge on any atom is 0.330 e. The van der Waals surface area contributed by atoms with Gasteiger partial charge in [0.1, 0.15) is 11.5 Å². The number of unbranched alkanes of at least 4 members (excludes halogenated alkanes) is 1. The van der Waals surface area contributed by atoms with Gasteiger partial charge in [-0.25, -0.2) is 4.79 Å². The zero-order chi connectivity index (χ0) is 14.3. The second-order valence-electron chi connectivity index (χ2n) is 4.09. The Morgan fingerprint density at radius 1 is 1.21 bits per heavy atom. The Morgan fingerprint density at radius 2 is 1.89 bits per heavy atom. The number of hydrogen-bond acceptors (Lipinski definition) is 4. The van der Waals surface area contributed by atoms with Gasteiger partial charge < -0.3 is 14.9 Å². The number of carbonyl (C=O) groups excluding carboxylic acids is 1. The van der Waals surface area contributed by atoms with Crippen molar-refractivity contribution in [3.63, 3.8) is 0 Å². The first-order chi connectivity index (χ1) is 8.99. The second kappa shape index (κ2) is 7.20. The number of phenolic OH excluding ortho intramolecular Hbond substituents is 1. The number of phenols is 1. The molecule has 0 radical (unpaired) electrons. The topological polar surface area (TPSA) is 83.8 Å². The summed E-state index contributed by atoms with van der Waals surface area (Å²) in [7, 11) is 0. The monoisotopic (exact) mass is 264 g/mol. The van der Waals surface area contributed by atoms with Gasteiger partial charge in [0.15, 0.2) is 0 Å². The van der Waals surface area contributed by atoms with Crippen LogP contribution >= 0.6 is 0 Å². The molecule has 5 heteroatoms. The highest BCUT2D eigenvalue weighted by Gasteiger charge is 2.07. The number of benzene rings is 1. The first-order valence-corrected chi connectivity index (χ1v) is 5.90. The zero-order valence-corrected chi connectivity index (χ0v) is 10.5. The van der Waals surface area contributed by atoms with Crippen molar-refractivity contribution in [2.24, 2.45) is 0 Å². The predicted molar refractivity (Wildman–Crippen MR) is 69.0 cm³/mol. The van der Waals surface area contributed by atoms with Crippen molar-refractivity contribution in [2.75, 3.05) is 0 Å². The van der Waals surface area contributed by atoms with Gasteiger partial charge in [-0.2, -0.15) is 0 Å². The summed E-state index contributed by atoms with van der Waals surface area (Å²) < 4.78 is 5.01. The van der Waals surface area contributed by atoms with Crippen molar-refractivity contribution < 1.29 is 24.5 Å². The number of esters is 1. The molecule has 0 saturated carbocycles. The molecule has 0 amide bonds. The summed E-state index contributed by atoms with van der Waals surface area (Å²) in [5.74, 6) is -1.10. The molecule has 0 unspecified atom stereocenters. The van der Waals surface area contributed by atoms with E-state index in [-0.39, 0.29) is 17.7 Å². The van der Waals surface area contributed by atoms with E-state index < -0.39 is 11.9 Å². The van der Waals surface area contributed by atoms with Crippen LogP contribution in [0.25, 0.3) is 0 Å². The van der Waals surface area contributed by atoms with Crippen LogP contribution in [0, 0.1) is 0 Å². The Balaban J connectivity index is 2.25. The van der Waals surface area contributed by atoms with Gasteiger partial charge in [-0.05, 0) is 31.4 Å². The molecule has 0 atom stereocenters. The fraction of sp³-hybridized carbons (Fsp3) is 0.286. The highest BCUT2D eigenvalue weighted by atomic mass is 16.5. The van der Waals surface area contributed by atoms with E-state index in [1.165, 1.54) is 12.1 Å². The molecule has 0 aliphatic carbocycles. The van der Waals surface area contributed by atoms with E-state index in [1.807, 2.05) is 0 Å². The molecule has 1 rings (SSSR count). The van der Waals surface area contributed by atoms with Gasteiger partial charge in [-0.1, -0.05) is 12.6 Å². The third-order valence-corrected chi connectivity index (χ3v) is 2.46. The summed E-state index contributed by atoms with van der Waals surface area (Å²) in [6, 6.07) is 5.98. The Bertz CT molecular complexity index is 478. The number of aliphatic carboxylic acids is 1. The van der Waals surface area contributed by atoms with Crippen LogP contribution in [0.15, 0.2) is 36.4 Å². The van der Waals surface area contributed by atoms with Crippen molar-refractivity contribution in [1.29, 1.82) is 0 Å². The first-order valence-electron chi connectivity index (χ1n) is 5.90. The molecular weight excluding hydrogens is 248 g/mol. The number of carboxylic acid groups (broad SMARTS) is 1. The van der Waals surface area contributed by atoms with Gasteiger partial charge in [0.05, 0.1) is 0 Å². The molecule has 2 N–H and O–H groups in total. The van der Waals surface area contributed by atoms with Crippen LogP contribution in [0.3, 0.4) is 0 Å². The van der Waals surface area contributed by atoms with Crippen molar-refractivity contribution in [1.82, 2.24) is 0 Å². The molecule has 0 aromatic heterocycles. The molecule has 102 valence electrons. The SMILES string of the molecule is C=C(CCCCC(=O)Oc1cccc(O)c1)C(=O)O. The lowest BCUT2D eigenvalue weighted by Gasteiger charge is -2.04. The van der Waals surface area contributed by atoms with Crippen molar-refractivity contribution in [3.05, 3.63) is 36.4 Å². The lowest BCUT2D eigenvalue weighted by Crippen LogP contribution is -2.07. The molecule has 0 spiro atoms. The molecule has 1 aromatic carbocycles. The van der Waals surface area contributed by atoms with Gasteiger partial charge in [0, 0.05) is 18.1 Å². The fourth-order valence-corrected chi connectivity index (χ4v) is 1.44. The highest BCUT2D eigenvalue weighted by Crippen LogP contribution is 2.18. The summed E-state index contributed by atoms with van der Waals surface area (Å²) in [5, 5.41) is 17.8. The molecule has 0 aliphatic rings. The maximum atomic E-state index is 11.5. The van der Waals surface area contributed by atoms with Crippen LogP contribution < -0.4 is 4.74 Å². The largest absolute Gasteiger partial charge is 0.508 e. The number of hydrogen-bond donors (Lipinski definition) is 2. The number of carbonyl (C=O) groups is 2. The molecule has 0 saturated heterocycles. The van der Waals surface area contributed by atoms with Crippen LogP contribution in [0.2, 0.25) is 0 Å². The average Bonchev–Trinajstić information content (AvgIpc) is 2.34. The minimum atomic E-state index is -1.01. The van der Waals surface area contributed by atoms with E-state index in [0.29, 0.717) is 25.0 Å². The van der Waals surface area contributed by atoms with Gasteiger partial charge in [0.25, 0.3) is 0 Å². The van der Waals surface area contributed by atoms with Crippen molar-refractivity contribution >= 4 is 11.9 Å². The lowest BCUT2D eigenvalue weighted by molar-refractivity contribution is -0.134. The van der Waals surface area contributed by atoms with Crippen LogP contribution in [0.1, 0.15) is 25.7 Å². The van der Waals surface area contributed by atoms with Crippen molar-refractivity contribution in [3.8, 4) is 11.5 Å². The Hall–Kier alpha value is -2.30. The van der Waals surface area contributed by atoms with Crippen LogP contribution in [0.5, 0.6) is 11.5 Å². The van der Waals surface area contributed by atoms with Crippen LogP contribution in [-0.2, 0) is 9.59 Å². The Labute approximate surface area is 111 Å². The first kappa shape index (κ1) is 14.8. The predicted octanol–water partition coefficient (Wildman–Crippen LogP) is 2.50. The molecule has 0 bridgehead atoms. The minimum absolute atomic E-state index is 0.0306. The smallest absolute Gasteiger partial charge is 0.330 e. The summed E-state index contributed by atoms with van der Waals surface area (Å²) in [6.07, 6.45) is 1.65. The summed E-state index contributed by atoms with van der Waals surface area (Å²) >= 11 is 0. The van der Waals surface area contributed by atoms with E-state index in [9.17, 15) is 14.7 Å². The highest BCUT2D eigenvalue weighted by molar-refractivity contribution is 5.85. The molecule has 0 aliphatic heterocycles. The molecule has 0 heterocycles. The molecule has 5 nitrogen and oxygen atoms in total. The molecule has 19 heavy (non-hydrogen) atoms. The molecule has 0 fully saturated rings. The van der Waals surface area contributed by atoms with Gasteiger partial charge in [-0.15, -0.1) is 0 Å². The van der Waals surface area contributed by atoms with E-state index in [1.54, 1.807) is 12.1 Å². The van der Waals surface area contributed by atoms with E-state index in [0.717, 1.165) is 0 Å². The number of carboxylic acids is 1. The quantitative estimate of drug-likeness (QED) is 0.342. The number of ether oxygens (including phenoxy) is 1. The third-order valence-electron chi connectivity index (χ3n) is 2.46. The summed E-state index contributed by atoms with van der Waals surface area (Å²) in [4.78, 5) is 21.9. The van der Waals surface area contributed by atoms with E-state index in [2.05, 4.69) is 6.58 Å². The zero-order valence-electron chi connectivity index (χ0n) is 10.5. The van der Waals surface area contributed by atoms with Crippen LogP contribution in [0.4, 0.5) is 0 Å². The lowest BCUT2D eigenvalue weighted by atomic mass is 10.1. The molecule has 1 aromatic rings. The minimum Gasteiger partial charge on any atom is -0.508 e.